The topological polar surface area (TPSA) is 60.9 Å². The molecule has 4 nitrogen and oxygen atoms in total. The van der Waals surface area contributed by atoms with Crippen LogP contribution < -0.4 is 5.73 Å². The van der Waals surface area contributed by atoms with E-state index in [0.29, 0.717) is 0 Å². The summed E-state index contributed by atoms with van der Waals surface area (Å²) in [4.78, 5) is 14.1. The summed E-state index contributed by atoms with van der Waals surface area (Å²) >= 11 is 1.31. The highest BCUT2D eigenvalue weighted by atomic mass is 35.5. The van der Waals surface area contributed by atoms with Gasteiger partial charge < -0.3 is 5.73 Å². The average molecular weight is 194 g/mol. The minimum atomic E-state index is -0.321. The van der Waals surface area contributed by atoms with E-state index in [9.17, 15) is 4.79 Å². The van der Waals surface area contributed by atoms with Crippen LogP contribution in [-0.4, -0.2) is 20.6 Å². The van der Waals surface area contributed by atoms with Gasteiger partial charge in [0.15, 0.2) is 0 Å². The van der Waals surface area contributed by atoms with Crippen LogP contribution in [0.15, 0.2) is 18.7 Å². The minimum Gasteiger partial charge on any atom is -0.369 e. The highest BCUT2D eigenvalue weighted by Gasteiger charge is 1.94. The first-order valence-corrected chi connectivity index (χ1v) is 3.63. The molecule has 62 valence electrons. The van der Waals surface area contributed by atoms with E-state index in [-0.39, 0.29) is 24.1 Å². The number of hydrogen-bond acceptors (Lipinski definition) is 3. The van der Waals surface area contributed by atoms with Gasteiger partial charge in [-0.3, -0.25) is 8.77 Å². The summed E-state index contributed by atoms with van der Waals surface area (Å²) in [6, 6.07) is 0. The third-order valence-corrected chi connectivity index (χ3v) is 1.76. The van der Waals surface area contributed by atoms with E-state index in [2.05, 4.69) is 4.98 Å². The van der Waals surface area contributed by atoms with Crippen molar-refractivity contribution in [2.75, 3.05) is 5.75 Å². The lowest BCUT2D eigenvalue weighted by Crippen LogP contribution is -2.13. The molecule has 0 fully saturated rings. The highest BCUT2D eigenvalue weighted by Crippen LogP contribution is 2.02. The van der Waals surface area contributed by atoms with E-state index >= 15 is 0 Å². The molecule has 0 saturated carbocycles. The minimum absolute atomic E-state index is 0. The van der Waals surface area contributed by atoms with Crippen molar-refractivity contribution in [3.63, 3.8) is 0 Å². The van der Waals surface area contributed by atoms with Gasteiger partial charge in [-0.25, -0.2) is 4.98 Å². The lowest BCUT2D eigenvalue weighted by Gasteiger charge is -1.94. The highest BCUT2D eigenvalue weighted by molar-refractivity contribution is 7.98. The van der Waals surface area contributed by atoms with Gasteiger partial charge in [0.1, 0.15) is 6.33 Å². The molecule has 0 aromatic carbocycles. The van der Waals surface area contributed by atoms with E-state index < -0.39 is 0 Å². The lowest BCUT2D eigenvalue weighted by molar-refractivity contribution is -0.115. The number of imidazole rings is 1. The average Bonchev–Trinajstić information content (AvgIpc) is 2.34. The number of halogens is 1. The predicted octanol–water partition coefficient (Wildman–Crippen LogP) is 0.287. The van der Waals surface area contributed by atoms with E-state index in [0.717, 1.165) is 0 Å². The molecule has 0 aliphatic heterocycles. The van der Waals surface area contributed by atoms with Crippen LogP contribution in [0.5, 0.6) is 0 Å². The van der Waals surface area contributed by atoms with Crippen LogP contribution in [0.2, 0.25) is 0 Å². The number of primary amides is 1. The Hall–Kier alpha value is -0.680. The van der Waals surface area contributed by atoms with Gasteiger partial charge in [0.2, 0.25) is 5.91 Å². The number of carbonyl (C=O) groups is 1. The van der Waals surface area contributed by atoms with Gasteiger partial charge in [-0.05, 0) is 11.9 Å². The second-order valence-electron chi connectivity index (χ2n) is 1.66. The maximum absolute atomic E-state index is 10.3. The maximum Gasteiger partial charge on any atom is 0.229 e. The molecule has 0 aliphatic rings. The van der Waals surface area contributed by atoms with Crippen LogP contribution in [0.25, 0.3) is 0 Å². The monoisotopic (exact) mass is 193 g/mol. The molecule has 0 saturated heterocycles. The zero-order chi connectivity index (χ0) is 7.40. The molecule has 1 rings (SSSR count). The molecule has 11 heavy (non-hydrogen) atoms. The molecule has 0 aliphatic carbocycles. The Bertz CT molecular complexity index is 214. The van der Waals surface area contributed by atoms with E-state index in [1.807, 2.05) is 0 Å². The molecule has 1 aromatic heterocycles. The molecule has 1 aromatic rings. The number of carbonyl (C=O) groups excluding carboxylic acids is 1. The van der Waals surface area contributed by atoms with Crippen molar-refractivity contribution in [1.82, 2.24) is 8.96 Å². The summed E-state index contributed by atoms with van der Waals surface area (Å²) < 4.78 is 1.73. The number of hydrogen-bond donors (Lipinski definition) is 1. The first kappa shape index (κ1) is 10.3. The van der Waals surface area contributed by atoms with Crippen LogP contribution in [0.4, 0.5) is 0 Å². The normalized spacial score (nSPS) is 8.73. The molecule has 0 bridgehead atoms. The molecule has 0 spiro atoms. The summed E-state index contributed by atoms with van der Waals surface area (Å²) in [5.41, 5.74) is 4.92. The third-order valence-electron chi connectivity index (χ3n) is 0.836. The second-order valence-corrected chi connectivity index (χ2v) is 2.63. The number of nitrogens with two attached hydrogens (primary N) is 1. The summed E-state index contributed by atoms with van der Waals surface area (Å²) in [5.74, 6) is -0.0326. The standard InChI is InChI=1S/C5H7N3OS.ClH/c6-5(9)3-10-8-2-1-7-4-8;/h1-2,4H,3H2,(H2,6,9);1H. The van der Waals surface area contributed by atoms with Crippen molar-refractivity contribution in [3.8, 4) is 0 Å². The second kappa shape index (κ2) is 5.03. The largest absolute Gasteiger partial charge is 0.369 e. The fourth-order valence-corrected chi connectivity index (χ4v) is 0.999. The van der Waals surface area contributed by atoms with Crippen molar-refractivity contribution in [2.24, 2.45) is 5.73 Å². The Kier molecular flexibility index (Phi) is 4.72. The van der Waals surface area contributed by atoms with Gasteiger partial charge in [-0.2, -0.15) is 0 Å². The third kappa shape index (κ3) is 3.90. The number of rotatable bonds is 3. The Balaban J connectivity index is 0.000001000. The van der Waals surface area contributed by atoms with Crippen LogP contribution in [-0.2, 0) is 4.79 Å². The Morgan fingerprint density at radius 2 is 2.45 bits per heavy atom. The lowest BCUT2D eigenvalue weighted by atomic mass is 10.8. The fourth-order valence-electron chi connectivity index (χ4n) is 0.461. The molecule has 0 radical (unpaired) electrons. The van der Waals surface area contributed by atoms with Crippen LogP contribution >= 0.6 is 24.4 Å². The molecular weight excluding hydrogens is 186 g/mol. The molecule has 1 amide bonds. The maximum atomic E-state index is 10.3. The van der Waals surface area contributed by atoms with Gasteiger partial charge in [-0.15, -0.1) is 12.4 Å². The van der Waals surface area contributed by atoms with Crippen molar-refractivity contribution >= 4 is 30.3 Å². The Morgan fingerprint density at radius 3 is 2.91 bits per heavy atom. The van der Waals surface area contributed by atoms with E-state index in [1.165, 1.54) is 11.9 Å². The van der Waals surface area contributed by atoms with Gasteiger partial charge >= 0.3 is 0 Å². The first-order valence-electron chi connectivity index (χ1n) is 2.68. The van der Waals surface area contributed by atoms with Crippen LogP contribution in [0, 0.1) is 0 Å². The van der Waals surface area contributed by atoms with E-state index in [1.54, 1.807) is 22.7 Å². The van der Waals surface area contributed by atoms with Crippen LogP contribution in [0.1, 0.15) is 0 Å². The van der Waals surface area contributed by atoms with Gasteiger partial charge in [0.05, 0.1) is 5.75 Å². The fraction of sp³-hybridized carbons (Fsp3) is 0.200. The zero-order valence-electron chi connectivity index (χ0n) is 5.64. The molecule has 6 heteroatoms. The molecule has 2 N–H and O–H groups in total. The Morgan fingerprint density at radius 1 is 1.73 bits per heavy atom. The first-order chi connectivity index (χ1) is 4.79. The summed E-state index contributed by atoms with van der Waals surface area (Å²) in [7, 11) is 0. The quantitative estimate of drug-likeness (QED) is 0.751. The van der Waals surface area contributed by atoms with Crippen molar-refractivity contribution in [1.29, 1.82) is 0 Å². The molecule has 1 heterocycles. The summed E-state index contributed by atoms with van der Waals surface area (Å²) in [5, 5.41) is 0. The zero-order valence-corrected chi connectivity index (χ0v) is 7.27. The van der Waals surface area contributed by atoms with Crippen molar-refractivity contribution < 1.29 is 4.79 Å². The summed E-state index contributed by atoms with van der Waals surface area (Å²) in [6.45, 7) is 0. The molecular formula is C5H8ClN3OS. The van der Waals surface area contributed by atoms with Crippen molar-refractivity contribution in [2.45, 2.75) is 0 Å². The van der Waals surface area contributed by atoms with Crippen LogP contribution in [0.3, 0.4) is 0 Å². The van der Waals surface area contributed by atoms with E-state index in [4.69, 9.17) is 5.73 Å². The number of amides is 1. The SMILES string of the molecule is Cl.NC(=O)CSn1ccnc1. The van der Waals surface area contributed by atoms with Gasteiger partial charge in [0, 0.05) is 12.4 Å². The molecule has 0 atom stereocenters. The van der Waals surface area contributed by atoms with Gasteiger partial charge in [-0.1, -0.05) is 0 Å². The summed E-state index contributed by atoms with van der Waals surface area (Å²) in [6.07, 6.45) is 5.02. The van der Waals surface area contributed by atoms with Gasteiger partial charge in [0.25, 0.3) is 0 Å². The smallest absolute Gasteiger partial charge is 0.229 e. The number of nitrogens with zero attached hydrogens (tertiary/aromatic N) is 2. The predicted molar refractivity (Wildman–Crippen MR) is 46.5 cm³/mol. The molecule has 0 unspecified atom stereocenters. The number of aromatic nitrogens is 2. The Labute approximate surface area is 74.7 Å². The van der Waals surface area contributed by atoms with Crippen molar-refractivity contribution in [3.05, 3.63) is 18.7 Å².